The molecule has 0 aliphatic rings. The molecule has 6 heteroatoms. The van der Waals surface area contributed by atoms with E-state index < -0.39 is 6.85 Å². The second kappa shape index (κ2) is 18.6. The average Bonchev–Trinajstić information content (AvgIpc) is 3.94. The Balaban J connectivity index is 0.00000657. The van der Waals surface area contributed by atoms with Gasteiger partial charge in [-0.15, -0.1) is 17.7 Å². The summed E-state index contributed by atoms with van der Waals surface area (Å²) in [5.41, 5.74) is 16.1. The van der Waals surface area contributed by atoms with Crippen LogP contribution in [0.2, 0.25) is 0 Å². The molecule has 0 aliphatic heterocycles. The van der Waals surface area contributed by atoms with Crippen molar-refractivity contribution in [1.29, 1.82) is 0 Å². The summed E-state index contributed by atoms with van der Waals surface area (Å²) in [6, 6.07) is 64.2. The van der Waals surface area contributed by atoms with Crippen molar-refractivity contribution in [2.45, 2.75) is 85.4 Å². The number of benzene rings is 8. The number of phenolic OH excluding ortho intramolecular Hbond substituents is 1. The maximum absolute atomic E-state index is 12.7. The first-order valence-corrected chi connectivity index (χ1v) is 24.9. The zero-order valence-corrected chi connectivity index (χ0v) is 45.1. The number of nitrogens with zero attached hydrogens (tertiary/aromatic N) is 4. The fourth-order valence-corrected chi connectivity index (χ4v) is 10.2. The third-order valence-electron chi connectivity index (χ3n) is 14.1. The summed E-state index contributed by atoms with van der Waals surface area (Å²) < 4.78 is 28.5. The zero-order valence-electron chi connectivity index (χ0n) is 45.9. The minimum Gasteiger partial charge on any atom is -0.507 e. The molecule has 73 heavy (non-hydrogen) atoms. The first kappa shape index (κ1) is 45.5. The Morgan fingerprint density at radius 2 is 1.21 bits per heavy atom. The summed E-state index contributed by atoms with van der Waals surface area (Å²) in [5, 5.41) is 14.8. The van der Waals surface area contributed by atoms with Gasteiger partial charge in [-0.2, -0.15) is 0 Å². The van der Waals surface area contributed by atoms with Gasteiger partial charge in [0.15, 0.2) is 0 Å². The Morgan fingerprint density at radius 3 is 1.90 bits per heavy atom. The normalized spacial score (nSPS) is 13.0. The van der Waals surface area contributed by atoms with Gasteiger partial charge in [0.25, 0.3) is 0 Å². The van der Waals surface area contributed by atoms with E-state index in [4.69, 9.17) is 14.1 Å². The van der Waals surface area contributed by atoms with Gasteiger partial charge in [0.2, 0.25) is 0 Å². The van der Waals surface area contributed by atoms with Crippen LogP contribution in [0.1, 0.15) is 88.7 Å². The fourth-order valence-electron chi connectivity index (χ4n) is 10.2. The minimum atomic E-state index is -2.21. The SMILES string of the molecule is [2H]C([2H])([2H])c1ccc(-c2ccnc(-c3[c-]c(-c4cccc5c4nc(-c4cc(C(C)(C)C)cc(C(C)(C)C)c4O)n5-c4ccc(C(C)(C)C)cc4-c4ccccc4)cc4c5ccccc5n(-c5ccccc5)c34)c2)cc1.[Pt]. The topological polar surface area (TPSA) is 55.9 Å². The average molecular weight is 1140 g/mol. The number of hydrogen-bond donors (Lipinski definition) is 1. The van der Waals surface area contributed by atoms with E-state index in [0.29, 0.717) is 22.6 Å². The largest absolute Gasteiger partial charge is 0.507 e. The van der Waals surface area contributed by atoms with Crippen molar-refractivity contribution in [1.82, 2.24) is 19.1 Å². The molecule has 0 fully saturated rings. The van der Waals surface area contributed by atoms with Crippen molar-refractivity contribution in [3.05, 3.63) is 210 Å². The molecule has 3 aromatic heterocycles. The standard InChI is InChI=1S/C67H61N4O.Pt/c1-42-28-30-43(31-29-42)45-34-35-68-57(38-45)54-37-46(36-53-51-24-17-18-26-58(51)70(62(53)54)49-22-15-12-16-23-49)50-25-19-27-60-61(50)69-64(55-40-48(66(5,6)7)41-56(63(55)72)67(8,9)10)71(60)59-33-32-47(65(2,3)4)39-52(59)44-20-13-11-14-21-44;/h11-36,38-41,72H,1-10H3;/q-1;/i1D3;. The maximum atomic E-state index is 12.7. The molecule has 0 amide bonds. The number of hydrogen-bond acceptors (Lipinski definition) is 3. The predicted molar refractivity (Wildman–Crippen MR) is 302 cm³/mol. The van der Waals surface area contributed by atoms with Gasteiger partial charge in [0.1, 0.15) is 11.6 Å². The van der Waals surface area contributed by atoms with Crippen LogP contribution in [0.5, 0.6) is 5.75 Å². The molecule has 0 radical (unpaired) electrons. The van der Waals surface area contributed by atoms with Crippen LogP contribution in [0.25, 0.3) is 100 Å². The summed E-state index contributed by atoms with van der Waals surface area (Å²) in [4.78, 5) is 10.8. The molecule has 0 saturated heterocycles. The van der Waals surface area contributed by atoms with E-state index in [1.165, 1.54) is 5.56 Å². The van der Waals surface area contributed by atoms with Crippen LogP contribution in [0, 0.1) is 12.9 Å². The quantitative estimate of drug-likeness (QED) is 0.162. The Labute approximate surface area is 448 Å². The maximum Gasteiger partial charge on any atom is 0.148 e. The Kier molecular flexibility index (Phi) is 11.6. The molecule has 1 N–H and O–H groups in total. The number of rotatable bonds is 7. The molecule has 0 saturated carbocycles. The summed E-state index contributed by atoms with van der Waals surface area (Å²) in [7, 11) is 0. The number of phenols is 1. The number of aromatic nitrogens is 4. The van der Waals surface area contributed by atoms with Gasteiger partial charge in [0, 0.05) is 59.4 Å². The number of para-hydroxylation sites is 3. The summed E-state index contributed by atoms with van der Waals surface area (Å²) in [6.45, 7) is 17.6. The Morgan fingerprint density at radius 1 is 0.534 bits per heavy atom. The first-order valence-electron chi connectivity index (χ1n) is 26.4. The van der Waals surface area contributed by atoms with E-state index in [9.17, 15) is 5.11 Å². The van der Waals surface area contributed by atoms with Crippen LogP contribution in [0.4, 0.5) is 0 Å². The summed E-state index contributed by atoms with van der Waals surface area (Å²) >= 11 is 0. The Bertz CT molecular complexity index is 3980. The predicted octanol–water partition coefficient (Wildman–Crippen LogP) is 17.6. The molecule has 0 spiro atoms. The van der Waals surface area contributed by atoms with Crippen LogP contribution in [-0.4, -0.2) is 24.2 Å². The van der Waals surface area contributed by atoms with Crippen LogP contribution in [-0.2, 0) is 37.3 Å². The van der Waals surface area contributed by atoms with Crippen LogP contribution >= 0.6 is 0 Å². The van der Waals surface area contributed by atoms with Gasteiger partial charge >= 0.3 is 0 Å². The van der Waals surface area contributed by atoms with E-state index in [1.54, 1.807) is 12.1 Å². The summed E-state index contributed by atoms with van der Waals surface area (Å²) in [5.74, 6) is 0.845. The van der Waals surface area contributed by atoms with E-state index in [-0.39, 0.29) is 43.1 Å². The van der Waals surface area contributed by atoms with E-state index in [2.05, 4.69) is 217 Å². The molecule has 0 bridgehead atoms. The zero-order chi connectivity index (χ0) is 52.8. The second-order valence-electron chi connectivity index (χ2n) is 22.2. The third kappa shape index (κ3) is 8.93. The molecule has 8 aromatic carbocycles. The third-order valence-corrected chi connectivity index (χ3v) is 14.1. The first-order chi connectivity index (χ1) is 35.6. The molecule has 366 valence electrons. The molecule has 0 unspecified atom stereocenters. The van der Waals surface area contributed by atoms with Crippen molar-refractivity contribution in [2.24, 2.45) is 0 Å². The van der Waals surface area contributed by atoms with Crippen molar-refractivity contribution in [2.75, 3.05) is 0 Å². The number of aromatic hydroxyl groups is 1. The number of aryl methyl sites for hydroxylation is 1. The van der Waals surface area contributed by atoms with Crippen LogP contribution in [0.3, 0.4) is 0 Å². The number of fused-ring (bicyclic) bond motifs is 4. The monoisotopic (exact) mass is 1140 g/mol. The molecule has 0 atom stereocenters. The van der Waals surface area contributed by atoms with Crippen molar-refractivity contribution >= 4 is 32.8 Å². The van der Waals surface area contributed by atoms with Gasteiger partial charge in [-0.25, -0.2) is 4.98 Å². The number of pyridine rings is 1. The molecule has 3 heterocycles. The van der Waals surface area contributed by atoms with E-state index in [0.717, 1.165) is 94.3 Å². The molecule has 0 aliphatic carbocycles. The number of imidazole rings is 1. The molecule has 5 nitrogen and oxygen atoms in total. The van der Waals surface area contributed by atoms with Crippen LogP contribution < -0.4 is 0 Å². The van der Waals surface area contributed by atoms with E-state index in [1.807, 2.05) is 30.5 Å². The van der Waals surface area contributed by atoms with Crippen molar-refractivity contribution < 1.29 is 30.3 Å². The van der Waals surface area contributed by atoms with Gasteiger partial charge in [-0.3, -0.25) is 9.55 Å². The van der Waals surface area contributed by atoms with Gasteiger partial charge < -0.3 is 9.67 Å². The van der Waals surface area contributed by atoms with Crippen LogP contribution in [0.15, 0.2) is 182 Å². The van der Waals surface area contributed by atoms with Gasteiger partial charge in [0.05, 0.1) is 22.3 Å². The minimum absolute atomic E-state index is 0. The smallest absolute Gasteiger partial charge is 0.148 e. The van der Waals surface area contributed by atoms with E-state index >= 15 is 0 Å². The molecule has 11 rings (SSSR count). The van der Waals surface area contributed by atoms with Gasteiger partial charge in [-0.1, -0.05) is 206 Å². The molecular weight excluding hydrogens is 1070 g/mol. The summed E-state index contributed by atoms with van der Waals surface area (Å²) in [6.07, 6.45) is 1.82. The van der Waals surface area contributed by atoms with Crippen molar-refractivity contribution in [3.63, 3.8) is 0 Å². The molecule has 11 aromatic rings. The fraction of sp³-hybridized carbons (Fsp3) is 0.194. The second-order valence-corrected chi connectivity index (χ2v) is 22.2. The Hall–Kier alpha value is -7.33. The van der Waals surface area contributed by atoms with Crippen molar-refractivity contribution in [3.8, 4) is 73.2 Å². The molecular formula is C67H61N4OPt-. The van der Waals surface area contributed by atoms with Gasteiger partial charge in [-0.05, 0) is 110 Å².